The van der Waals surface area contributed by atoms with Gasteiger partial charge in [0.05, 0.1) is 0 Å². The zero-order valence-corrected chi connectivity index (χ0v) is 6.72. The van der Waals surface area contributed by atoms with Crippen molar-refractivity contribution in [2.24, 2.45) is 0 Å². The van der Waals surface area contributed by atoms with Crippen LogP contribution in [-0.4, -0.2) is 29.1 Å². The molecule has 4 heteroatoms. The lowest BCUT2D eigenvalue weighted by molar-refractivity contribution is -0.135. The molecule has 0 unspecified atom stereocenters. The van der Waals surface area contributed by atoms with Crippen LogP contribution < -0.4 is 0 Å². The Kier molecular flexibility index (Phi) is 4.30. The van der Waals surface area contributed by atoms with E-state index >= 15 is 0 Å². The van der Waals surface area contributed by atoms with Crippen molar-refractivity contribution in [2.45, 2.75) is 6.92 Å². The molecule has 0 aromatic rings. The van der Waals surface area contributed by atoms with E-state index in [9.17, 15) is 9.59 Å². The second kappa shape index (κ2) is 4.49. The Bertz CT molecular complexity index is 116. The van der Waals surface area contributed by atoms with Crippen LogP contribution in [0.3, 0.4) is 0 Å². The largest absolute Gasteiger partial charge is 0.285 e. The summed E-state index contributed by atoms with van der Waals surface area (Å²) >= 11 is 3.11. The van der Waals surface area contributed by atoms with Gasteiger partial charge in [0.1, 0.15) is 0 Å². The van der Waals surface area contributed by atoms with E-state index in [-0.39, 0.29) is 5.91 Å². The quantitative estimate of drug-likeness (QED) is 0.481. The van der Waals surface area contributed by atoms with Crippen LogP contribution in [0.1, 0.15) is 6.92 Å². The molecule has 0 atom stereocenters. The lowest BCUT2D eigenvalue weighted by Gasteiger charge is -2.08. The molecule has 0 rings (SSSR count). The molecule has 0 bridgehead atoms. The fourth-order valence-electron chi connectivity index (χ4n) is 0.375. The summed E-state index contributed by atoms with van der Waals surface area (Å²) in [6.07, 6.45) is 0.531. The van der Waals surface area contributed by atoms with E-state index in [1.165, 1.54) is 6.92 Å². The Morgan fingerprint density at radius 3 is 2.44 bits per heavy atom. The molecule has 0 aliphatic carbocycles. The standard InChI is InChI=1S/C5H8BrNO2/c1-5(9)7(4-8)3-2-6/h4H,2-3H2,1H3. The van der Waals surface area contributed by atoms with Crippen molar-refractivity contribution < 1.29 is 9.59 Å². The summed E-state index contributed by atoms with van der Waals surface area (Å²) in [6.45, 7) is 1.80. The summed E-state index contributed by atoms with van der Waals surface area (Å²) in [4.78, 5) is 21.6. The first-order valence-corrected chi connectivity index (χ1v) is 3.63. The molecule has 0 aliphatic rings. The summed E-state index contributed by atoms with van der Waals surface area (Å²) < 4.78 is 0. The summed E-state index contributed by atoms with van der Waals surface area (Å²) in [5.41, 5.74) is 0. The van der Waals surface area contributed by atoms with Gasteiger partial charge in [-0.3, -0.25) is 14.5 Å². The Morgan fingerprint density at radius 1 is 1.78 bits per heavy atom. The predicted molar refractivity (Wildman–Crippen MR) is 37.2 cm³/mol. The van der Waals surface area contributed by atoms with Crippen LogP contribution in [0, 0.1) is 0 Å². The van der Waals surface area contributed by atoms with Gasteiger partial charge in [0.15, 0.2) is 0 Å². The zero-order valence-electron chi connectivity index (χ0n) is 5.13. The molecule has 0 N–H and O–H groups in total. The topological polar surface area (TPSA) is 37.4 Å². The van der Waals surface area contributed by atoms with E-state index in [4.69, 9.17) is 0 Å². The fraction of sp³-hybridized carbons (Fsp3) is 0.600. The highest BCUT2D eigenvalue weighted by Gasteiger charge is 2.03. The monoisotopic (exact) mass is 193 g/mol. The highest BCUT2D eigenvalue weighted by atomic mass is 79.9. The second-order valence-corrected chi connectivity index (χ2v) is 2.30. The number of rotatable bonds is 3. The first kappa shape index (κ1) is 8.62. The number of imide groups is 1. The van der Waals surface area contributed by atoms with E-state index in [2.05, 4.69) is 15.9 Å². The minimum Gasteiger partial charge on any atom is -0.285 e. The highest BCUT2D eigenvalue weighted by molar-refractivity contribution is 9.09. The van der Waals surface area contributed by atoms with Gasteiger partial charge in [0, 0.05) is 18.8 Å². The number of halogens is 1. The molecule has 2 amide bonds. The van der Waals surface area contributed by atoms with Crippen LogP contribution in [0.5, 0.6) is 0 Å². The minimum atomic E-state index is -0.218. The Morgan fingerprint density at radius 2 is 2.33 bits per heavy atom. The SMILES string of the molecule is CC(=O)N(C=O)CCBr. The maximum absolute atomic E-state index is 10.4. The third-order valence-corrected chi connectivity index (χ3v) is 1.21. The van der Waals surface area contributed by atoms with Crippen molar-refractivity contribution in [2.75, 3.05) is 11.9 Å². The number of carbonyl (C=O) groups excluding carboxylic acids is 2. The van der Waals surface area contributed by atoms with Crippen LogP contribution in [0.4, 0.5) is 0 Å². The predicted octanol–water partition coefficient (Wildman–Crippen LogP) is 0.386. The van der Waals surface area contributed by atoms with Crippen LogP contribution in [0.25, 0.3) is 0 Å². The van der Waals surface area contributed by atoms with Gasteiger partial charge in [-0.1, -0.05) is 15.9 Å². The van der Waals surface area contributed by atoms with E-state index in [1.807, 2.05) is 0 Å². The molecule has 0 spiro atoms. The van der Waals surface area contributed by atoms with E-state index in [0.29, 0.717) is 18.3 Å². The Balaban J connectivity index is 3.68. The average molecular weight is 194 g/mol. The van der Waals surface area contributed by atoms with Gasteiger partial charge in [0.25, 0.3) is 0 Å². The molecule has 0 radical (unpaired) electrons. The first-order chi connectivity index (χ1) is 4.22. The second-order valence-electron chi connectivity index (χ2n) is 1.51. The molecular formula is C5H8BrNO2. The molecule has 9 heavy (non-hydrogen) atoms. The number of alkyl halides is 1. The van der Waals surface area contributed by atoms with Crippen molar-refractivity contribution >= 4 is 28.2 Å². The smallest absolute Gasteiger partial charge is 0.225 e. The third-order valence-electron chi connectivity index (χ3n) is 0.857. The molecule has 0 saturated carbocycles. The molecule has 3 nitrogen and oxygen atoms in total. The molecular weight excluding hydrogens is 186 g/mol. The normalized spacial score (nSPS) is 8.67. The zero-order chi connectivity index (χ0) is 7.28. The van der Waals surface area contributed by atoms with Crippen molar-refractivity contribution in [3.8, 4) is 0 Å². The van der Waals surface area contributed by atoms with Gasteiger partial charge in [0.2, 0.25) is 12.3 Å². The number of carbonyl (C=O) groups is 2. The van der Waals surface area contributed by atoms with Gasteiger partial charge >= 0.3 is 0 Å². The maximum Gasteiger partial charge on any atom is 0.225 e. The summed E-state index contributed by atoms with van der Waals surface area (Å²) in [5, 5.41) is 0.630. The Labute approximate surface area is 62.1 Å². The van der Waals surface area contributed by atoms with Crippen LogP contribution >= 0.6 is 15.9 Å². The fourth-order valence-corrected chi connectivity index (χ4v) is 0.757. The number of nitrogens with zero attached hydrogens (tertiary/aromatic N) is 1. The molecule has 0 aromatic carbocycles. The number of hydrogen-bond acceptors (Lipinski definition) is 2. The van der Waals surface area contributed by atoms with Crippen LogP contribution in [-0.2, 0) is 9.59 Å². The Hall–Kier alpha value is -0.380. The third kappa shape index (κ3) is 3.24. The van der Waals surface area contributed by atoms with Gasteiger partial charge in [-0.15, -0.1) is 0 Å². The van der Waals surface area contributed by atoms with Gasteiger partial charge in [-0.2, -0.15) is 0 Å². The maximum atomic E-state index is 10.4. The molecule has 0 aliphatic heterocycles. The highest BCUT2D eigenvalue weighted by Crippen LogP contribution is 1.86. The lowest BCUT2D eigenvalue weighted by Crippen LogP contribution is -2.28. The van der Waals surface area contributed by atoms with E-state index in [1.54, 1.807) is 0 Å². The van der Waals surface area contributed by atoms with Crippen LogP contribution in [0.2, 0.25) is 0 Å². The molecule has 0 heterocycles. The number of amides is 2. The lowest BCUT2D eigenvalue weighted by atomic mass is 10.5. The van der Waals surface area contributed by atoms with Crippen molar-refractivity contribution in [3.05, 3.63) is 0 Å². The first-order valence-electron chi connectivity index (χ1n) is 2.51. The van der Waals surface area contributed by atoms with Gasteiger partial charge in [-0.25, -0.2) is 0 Å². The number of hydrogen-bond donors (Lipinski definition) is 0. The summed E-state index contributed by atoms with van der Waals surface area (Å²) in [6, 6.07) is 0. The minimum absolute atomic E-state index is 0.218. The molecule has 0 saturated heterocycles. The van der Waals surface area contributed by atoms with Gasteiger partial charge < -0.3 is 0 Å². The van der Waals surface area contributed by atoms with Gasteiger partial charge in [-0.05, 0) is 0 Å². The summed E-state index contributed by atoms with van der Waals surface area (Å²) in [7, 11) is 0. The van der Waals surface area contributed by atoms with Crippen molar-refractivity contribution in [1.29, 1.82) is 0 Å². The molecule has 52 valence electrons. The summed E-state index contributed by atoms with van der Waals surface area (Å²) in [5.74, 6) is -0.218. The van der Waals surface area contributed by atoms with E-state index < -0.39 is 0 Å². The van der Waals surface area contributed by atoms with Crippen molar-refractivity contribution in [3.63, 3.8) is 0 Å². The molecule has 0 fully saturated rings. The average Bonchev–Trinajstić information content (AvgIpc) is 1.82. The van der Waals surface area contributed by atoms with E-state index in [0.717, 1.165) is 4.90 Å². The van der Waals surface area contributed by atoms with Crippen molar-refractivity contribution in [1.82, 2.24) is 4.90 Å². The van der Waals surface area contributed by atoms with Crippen LogP contribution in [0.15, 0.2) is 0 Å². The molecule has 0 aromatic heterocycles.